The molecule has 0 fully saturated rings. The summed E-state index contributed by atoms with van der Waals surface area (Å²) in [6, 6.07) is 7.85. The van der Waals surface area contributed by atoms with Gasteiger partial charge in [-0.2, -0.15) is 0 Å². The van der Waals surface area contributed by atoms with Gasteiger partial charge in [-0.25, -0.2) is 4.98 Å². The molecule has 94 valence electrons. The second kappa shape index (κ2) is 5.58. The number of thioether (sulfide) groups is 1. The molecule has 0 saturated heterocycles. The van der Waals surface area contributed by atoms with Crippen molar-refractivity contribution >= 4 is 33.7 Å². The highest BCUT2D eigenvalue weighted by molar-refractivity contribution is 9.10. The fraction of sp³-hybridized carbons (Fsp3) is 0.167. The highest BCUT2D eigenvalue weighted by Gasteiger charge is 2.10. The summed E-state index contributed by atoms with van der Waals surface area (Å²) in [5, 5.41) is 9.26. The van der Waals surface area contributed by atoms with Crippen molar-refractivity contribution in [2.75, 3.05) is 5.75 Å². The predicted molar refractivity (Wildman–Crippen MR) is 74.8 cm³/mol. The summed E-state index contributed by atoms with van der Waals surface area (Å²) < 4.78 is 1.01. The topological polar surface area (TPSA) is 66.0 Å². The van der Waals surface area contributed by atoms with E-state index in [1.54, 1.807) is 0 Å². The first kappa shape index (κ1) is 13.2. The third-order valence-electron chi connectivity index (χ3n) is 2.31. The van der Waals surface area contributed by atoms with Crippen LogP contribution in [0.2, 0.25) is 0 Å². The number of nitrogens with zero attached hydrogens (tertiary/aromatic N) is 1. The molecular weight excluding hydrogens is 316 g/mol. The van der Waals surface area contributed by atoms with Crippen LogP contribution in [0.1, 0.15) is 5.69 Å². The van der Waals surface area contributed by atoms with Crippen molar-refractivity contribution in [3.63, 3.8) is 0 Å². The van der Waals surface area contributed by atoms with E-state index < -0.39 is 5.97 Å². The Morgan fingerprint density at radius 2 is 2.11 bits per heavy atom. The minimum absolute atomic E-state index is 0.00668. The van der Waals surface area contributed by atoms with E-state index >= 15 is 0 Å². The maximum Gasteiger partial charge on any atom is 0.313 e. The van der Waals surface area contributed by atoms with Crippen LogP contribution >= 0.6 is 27.7 Å². The van der Waals surface area contributed by atoms with Crippen LogP contribution in [0.4, 0.5) is 0 Å². The van der Waals surface area contributed by atoms with Gasteiger partial charge >= 0.3 is 5.97 Å². The second-order valence-corrected chi connectivity index (χ2v) is 5.58. The molecule has 0 radical (unpaired) electrons. The van der Waals surface area contributed by atoms with E-state index in [4.69, 9.17) is 5.11 Å². The number of rotatable bonds is 4. The van der Waals surface area contributed by atoms with Crippen LogP contribution in [0.15, 0.2) is 33.9 Å². The molecule has 0 aliphatic heterocycles. The summed E-state index contributed by atoms with van der Waals surface area (Å²) in [4.78, 5) is 18.0. The number of hydrogen-bond donors (Lipinski definition) is 2. The van der Waals surface area contributed by atoms with Gasteiger partial charge < -0.3 is 10.1 Å². The Kier molecular flexibility index (Phi) is 4.08. The lowest BCUT2D eigenvalue weighted by molar-refractivity contribution is -0.133. The fourth-order valence-corrected chi connectivity index (χ4v) is 2.43. The number of H-pyrrole nitrogens is 1. The Morgan fingerprint density at radius 3 is 2.72 bits per heavy atom. The van der Waals surface area contributed by atoms with Crippen molar-refractivity contribution in [1.29, 1.82) is 0 Å². The standard InChI is InChI=1S/C12H11BrN2O2S/c1-7-11(8-2-4-9(13)5-3-8)15-12(14-7)18-6-10(16)17/h2-5H,6H2,1H3,(H,14,15)(H,16,17). The highest BCUT2D eigenvalue weighted by Crippen LogP contribution is 2.26. The molecule has 0 spiro atoms. The van der Waals surface area contributed by atoms with E-state index in [0.29, 0.717) is 5.16 Å². The summed E-state index contributed by atoms with van der Waals surface area (Å²) >= 11 is 4.57. The molecule has 1 aromatic heterocycles. The molecule has 0 aliphatic rings. The number of nitrogens with one attached hydrogen (secondary N) is 1. The summed E-state index contributed by atoms with van der Waals surface area (Å²) in [5.74, 6) is -0.841. The maximum atomic E-state index is 10.5. The van der Waals surface area contributed by atoms with E-state index in [-0.39, 0.29) is 5.75 Å². The van der Waals surface area contributed by atoms with E-state index in [2.05, 4.69) is 25.9 Å². The number of imidazole rings is 1. The third-order valence-corrected chi connectivity index (χ3v) is 3.70. The summed E-state index contributed by atoms with van der Waals surface area (Å²) in [6.07, 6.45) is 0. The van der Waals surface area contributed by atoms with E-state index in [1.165, 1.54) is 11.8 Å². The quantitative estimate of drug-likeness (QED) is 0.846. The Balaban J connectivity index is 2.23. The molecule has 4 nitrogen and oxygen atoms in total. The lowest BCUT2D eigenvalue weighted by Crippen LogP contribution is -1.97. The molecule has 0 amide bonds. The lowest BCUT2D eigenvalue weighted by Gasteiger charge is -1.98. The number of carboxylic acid groups (broad SMARTS) is 1. The molecule has 1 heterocycles. The first-order chi connectivity index (χ1) is 8.56. The largest absolute Gasteiger partial charge is 0.481 e. The maximum absolute atomic E-state index is 10.5. The average Bonchev–Trinajstić information content (AvgIpc) is 2.69. The molecule has 18 heavy (non-hydrogen) atoms. The van der Waals surface area contributed by atoms with Gasteiger partial charge in [0.15, 0.2) is 5.16 Å². The highest BCUT2D eigenvalue weighted by atomic mass is 79.9. The van der Waals surface area contributed by atoms with Gasteiger partial charge in [0.25, 0.3) is 0 Å². The van der Waals surface area contributed by atoms with Crippen LogP contribution < -0.4 is 0 Å². The van der Waals surface area contributed by atoms with Crippen molar-refractivity contribution in [2.45, 2.75) is 12.1 Å². The Labute approximate surface area is 117 Å². The molecule has 1 aromatic carbocycles. The number of carbonyl (C=O) groups is 1. The van der Waals surface area contributed by atoms with Gasteiger partial charge in [0.1, 0.15) is 0 Å². The van der Waals surface area contributed by atoms with Crippen LogP contribution in [-0.4, -0.2) is 26.8 Å². The number of benzene rings is 1. The van der Waals surface area contributed by atoms with Crippen molar-refractivity contribution < 1.29 is 9.90 Å². The summed E-state index contributed by atoms with van der Waals surface area (Å²) in [7, 11) is 0. The number of halogens is 1. The van der Waals surface area contributed by atoms with Crippen molar-refractivity contribution in [2.24, 2.45) is 0 Å². The predicted octanol–water partition coefficient (Wildman–Crippen LogP) is 3.32. The number of aliphatic carboxylic acids is 1. The van der Waals surface area contributed by atoms with Crippen LogP contribution in [0.25, 0.3) is 11.3 Å². The molecule has 2 N–H and O–H groups in total. The molecule has 0 aliphatic carbocycles. The average molecular weight is 327 g/mol. The molecule has 6 heteroatoms. The van der Waals surface area contributed by atoms with Gasteiger partial charge in [-0.1, -0.05) is 39.8 Å². The normalized spacial score (nSPS) is 10.6. The minimum atomic E-state index is -0.848. The summed E-state index contributed by atoms with van der Waals surface area (Å²) in [6.45, 7) is 1.93. The van der Waals surface area contributed by atoms with Gasteiger partial charge in [-0.15, -0.1) is 0 Å². The van der Waals surface area contributed by atoms with Crippen molar-refractivity contribution in [1.82, 2.24) is 9.97 Å². The van der Waals surface area contributed by atoms with Crippen LogP contribution in [0, 0.1) is 6.92 Å². The van der Waals surface area contributed by atoms with Gasteiger partial charge in [0.05, 0.1) is 11.4 Å². The molecular formula is C12H11BrN2O2S. The van der Waals surface area contributed by atoms with Crippen LogP contribution in [0.3, 0.4) is 0 Å². The number of carboxylic acids is 1. The minimum Gasteiger partial charge on any atom is -0.481 e. The Hall–Kier alpha value is -1.27. The first-order valence-corrected chi connectivity index (χ1v) is 7.01. The van der Waals surface area contributed by atoms with Gasteiger partial charge in [-0.3, -0.25) is 4.79 Å². The van der Waals surface area contributed by atoms with Gasteiger partial charge in [-0.05, 0) is 19.1 Å². The second-order valence-electron chi connectivity index (χ2n) is 3.70. The Bertz CT molecular complexity index is 566. The van der Waals surface area contributed by atoms with Gasteiger partial charge in [0, 0.05) is 15.7 Å². The summed E-state index contributed by atoms with van der Waals surface area (Å²) in [5.41, 5.74) is 2.80. The van der Waals surface area contributed by atoms with Crippen molar-refractivity contribution in [3.05, 3.63) is 34.4 Å². The molecule has 0 atom stereocenters. The van der Waals surface area contributed by atoms with E-state index in [1.807, 2.05) is 31.2 Å². The molecule has 2 rings (SSSR count). The smallest absolute Gasteiger partial charge is 0.313 e. The zero-order valence-corrected chi connectivity index (χ0v) is 12.0. The molecule has 2 aromatic rings. The molecule has 0 unspecified atom stereocenters. The van der Waals surface area contributed by atoms with Crippen molar-refractivity contribution in [3.8, 4) is 11.3 Å². The number of hydrogen-bond acceptors (Lipinski definition) is 3. The van der Waals surface area contributed by atoms with Crippen LogP contribution in [-0.2, 0) is 4.79 Å². The van der Waals surface area contributed by atoms with E-state index in [9.17, 15) is 4.79 Å². The molecule has 0 saturated carbocycles. The van der Waals surface area contributed by atoms with Crippen LogP contribution in [0.5, 0.6) is 0 Å². The third kappa shape index (κ3) is 3.14. The SMILES string of the molecule is Cc1[nH]c(SCC(=O)O)nc1-c1ccc(Br)cc1. The Morgan fingerprint density at radius 1 is 1.44 bits per heavy atom. The first-order valence-electron chi connectivity index (χ1n) is 5.23. The van der Waals surface area contributed by atoms with E-state index in [0.717, 1.165) is 21.4 Å². The number of aromatic nitrogens is 2. The fourth-order valence-electron chi connectivity index (χ4n) is 1.52. The number of aryl methyl sites for hydroxylation is 1. The zero-order valence-electron chi connectivity index (χ0n) is 9.61. The zero-order chi connectivity index (χ0) is 13.1. The monoisotopic (exact) mass is 326 g/mol. The van der Waals surface area contributed by atoms with Gasteiger partial charge in [0.2, 0.25) is 0 Å². The number of aromatic amines is 1. The molecule has 0 bridgehead atoms. The lowest BCUT2D eigenvalue weighted by atomic mass is 10.1.